The Morgan fingerprint density at radius 3 is 2.43 bits per heavy atom. The highest BCUT2D eigenvalue weighted by molar-refractivity contribution is 6.00. The van der Waals surface area contributed by atoms with Gasteiger partial charge in [0.25, 0.3) is 5.91 Å². The third-order valence-corrected chi connectivity index (χ3v) is 5.96. The molecule has 0 aliphatic carbocycles. The molecule has 6 heteroatoms. The van der Waals surface area contributed by atoms with Crippen LogP contribution in [0.5, 0.6) is 0 Å². The SMILES string of the molecule is Cc1ccccc1-c1nn(-c2ccccc2)cc1C(=O)N1CCC(N)C(C)(C)C1.Cl. The Balaban J connectivity index is 0.00000256. The number of para-hydroxylation sites is 1. The third-order valence-electron chi connectivity index (χ3n) is 5.96. The van der Waals surface area contributed by atoms with Gasteiger partial charge in [0, 0.05) is 30.9 Å². The maximum absolute atomic E-state index is 13.6. The zero-order valence-electron chi connectivity index (χ0n) is 17.7. The molecule has 1 amide bonds. The van der Waals surface area contributed by atoms with Gasteiger partial charge in [-0.3, -0.25) is 4.79 Å². The van der Waals surface area contributed by atoms with E-state index in [0.29, 0.717) is 18.7 Å². The zero-order valence-corrected chi connectivity index (χ0v) is 18.5. The van der Waals surface area contributed by atoms with Crippen molar-refractivity contribution in [1.82, 2.24) is 14.7 Å². The summed E-state index contributed by atoms with van der Waals surface area (Å²) >= 11 is 0. The number of halogens is 1. The second-order valence-corrected chi connectivity index (χ2v) is 8.60. The van der Waals surface area contributed by atoms with Crippen LogP contribution in [0.25, 0.3) is 16.9 Å². The van der Waals surface area contributed by atoms with Crippen molar-refractivity contribution in [3.63, 3.8) is 0 Å². The maximum atomic E-state index is 13.6. The van der Waals surface area contributed by atoms with E-state index >= 15 is 0 Å². The number of hydrogen-bond donors (Lipinski definition) is 1. The van der Waals surface area contributed by atoms with Crippen LogP contribution in [-0.4, -0.2) is 39.7 Å². The summed E-state index contributed by atoms with van der Waals surface area (Å²) < 4.78 is 1.80. The van der Waals surface area contributed by atoms with Gasteiger partial charge in [0.1, 0.15) is 5.69 Å². The number of hydrogen-bond acceptors (Lipinski definition) is 3. The summed E-state index contributed by atoms with van der Waals surface area (Å²) in [5, 5.41) is 4.82. The van der Waals surface area contributed by atoms with Gasteiger partial charge in [-0.15, -0.1) is 12.4 Å². The van der Waals surface area contributed by atoms with Crippen molar-refractivity contribution in [3.8, 4) is 16.9 Å². The molecule has 2 heterocycles. The quantitative estimate of drug-likeness (QED) is 0.674. The van der Waals surface area contributed by atoms with Crippen molar-refractivity contribution < 1.29 is 4.79 Å². The number of aromatic nitrogens is 2. The number of nitrogens with zero attached hydrogens (tertiary/aromatic N) is 3. The zero-order chi connectivity index (χ0) is 20.6. The highest BCUT2D eigenvalue weighted by Crippen LogP contribution is 2.32. The van der Waals surface area contributed by atoms with Gasteiger partial charge in [-0.05, 0) is 36.5 Å². The van der Waals surface area contributed by atoms with E-state index in [1.165, 1.54) is 0 Å². The highest BCUT2D eigenvalue weighted by atomic mass is 35.5. The Morgan fingerprint density at radius 2 is 1.77 bits per heavy atom. The fraction of sp³-hybridized carbons (Fsp3) is 0.333. The summed E-state index contributed by atoms with van der Waals surface area (Å²) in [4.78, 5) is 15.5. The Labute approximate surface area is 184 Å². The molecule has 1 fully saturated rings. The van der Waals surface area contributed by atoms with Gasteiger partial charge in [-0.2, -0.15) is 5.10 Å². The molecule has 0 saturated carbocycles. The number of benzene rings is 2. The second kappa shape index (κ2) is 8.62. The lowest BCUT2D eigenvalue weighted by Gasteiger charge is -2.42. The third kappa shape index (κ3) is 4.13. The lowest BCUT2D eigenvalue weighted by Crippen LogP contribution is -2.54. The molecular formula is C24H29ClN4O. The minimum Gasteiger partial charge on any atom is -0.338 e. The maximum Gasteiger partial charge on any atom is 0.257 e. The van der Waals surface area contributed by atoms with E-state index in [4.69, 9.17) is 10.8 Å². The fourth-order valence-electron chi connectivity index (χ4n) is 4.00. The van der Waals surface area contributed by atoms with Crippen LogP contribution in [-0.2, 0) is 0 Å². The molecule has 2 aromatic carbocycles. The van der Waals surface area contributed by atoms with Crippen LogP contribution >= 0.6 is 12.4 Å². The summed E-state index contributed by atoms with van der Waals surface area (Å²) in [6.45, 7) is 7.64. The predicted molar refractivity (Wildman–Crippen MR) is 123 cm³/mol. The lowest BCUT2D eigenvalue weighted by atomic mass is 9.79. The molecule has 0 spiro atoms. The smallest absolute Gasteiger partial charge is 0.257 e. The number of likely N-dealkylation sites (tertiary alicyclic amines) is 1. The molecule has 1 unspecified atom stereocenters. The number of aryl methyl sites for hydroxylation is 1. The molecule has 0 radical (unpaired) electrons. The average Bonchev–Trinajstić information content (AvgIpc) is 3.15. The van der Waals surface area contributed by atoms with Gasteiger partial charge in [0.05, 0.1) is 11.3 Å². The van der Waals surface area contributed by atoms with Crippen LogP contribution in [0.1, 0.15) is 36.2 Å². The molecule has 1 atom stereocenters. The van der Waals surface area contributed by atoms with Crippen molar-refractivity contribution in [1.29, 1.82) is 0 Å². The minimum absolute atomic E-state index is 0. The monoisotopic (exact) mass is 424 g/mol. The van der Waals surface area contributed by atoms with Crippen molar-refractivity contribution >= 4 is 18.3 Å². The summed E-state index contributed by atoms with van der Waals surface area (Å²) in [5.41, 5.74) is 10.6. The van der Waals surface area contributed by atoms with E-state index in [9.17, 15) is 4.79 Å². The van der Waals surface area contributed by atoms with Gasteiger partial charge < -0.3 is 10.6 Å². The molecule has 1 saturated heterocycles. The number of carbonyl (C=O) groups is 1. The number of carbonyl (C=O) groups excluding carboxylic acids is 1. The Hall–Kier alpha value is -2.63. The summed E-state index contributed by atoms with van der Waals surface area (Å²) in [6, 6.07) is 18.1. The van der Waals surface area contributed by atoms with Crippen LogP contribution in [0.15, 0.2) is 60.8 Å². The van der Waals surface area contributed by atoms with E-state index in [-0.39, 0.29) is 29.8 Å². The molecule has 30 heavy (non-hydrogen) atoms. The molecule has 1 aliphatic rings. The normalized spacial score (nSPS) is 18.0. The van der Waals surface area contributed by atoms with E-state index < -0.39 is 0 Å². The average molecular weight is 425 g/mol. The van der Waals surface area contributed by atoms with Gasteiger partial charge in [0.15, 0.2) is 0 Å². The van der Waals surface area contributed by atoms with E-state index in [1.807, 2.05) is 72.6 Å². The van der Waals surface area contributed by atoms with Gasteiger partial charge >= 0.3 is 0 Å². The first kappa shape index (κ1) is 22.1. The van der Waals surface area contributed by atoms with Crippen LogP contribution in [0, 0.1) is 12.3 Å². The van der Waals surface area contributed by atoms with Crippen LogP contribution in [0.3, 0.4) is 0 Å². The molecule has 0 bridgehead atoms. The highest BCUT2D eigenvalue weighted by Gasteiger charge is 2.36. The topological polar surface area (TPSA) is 64.2 Å². The molecule has 1 aromatic heterocycles. The molecule has 3 aromatic rings. The first-order valence-corrected chi connectivity index (χ1v) is 10.1. The lowest BCUT2D eigenvalue weighted by molar-refractivity contribution is 0.0533. The van der Waals surface area contributed by atoms with E-state index in [2.05, 4.69) is 13.8 Å². The van der Waals surface area contributed by atoms with Gasteiger partial charge in [-0.25, -0.2) is 4.68 Å². The van der Waals surface area contributed by atoms with Crippen molar-refractivity contribution in [2.24, 2.45) is 11.1 Å². The number of amides is 1. The summed E-state index contributed by atoms with van der Waals surface area (Å²) in [5.74, 6) is 0.0189. The van der Waals surface area contributed by atoms with Gasteiger partial charge in [-0.1, -0.05) is 56.3 Å². The van der Waals surface area contributed by atoms with Gasteiger partial charge in [0.2, 0.25) is 0 Å². The molecule has 1 aliphatic heterocycles. The Bertz CT molecular complexity index is 1030. The van der Waals surface area contributed by atoms with Crippen molar-refractivity contribution in [2.75, 3.05) is 13.1 Å². The van der Waals surface area contributed by atoms with Crippen molar-refractivity contribution in [2.45, 2.75) is 33.2 Å². The predicted octanol–water partition coefficient (Wildman–Crippen LogP) is 4.47. The first-order chi connectivity index (χ1) is 13.9. The molecular weight excluding hydrogens is 396 g/mol. The summed E-state index contributed by atoms with van der Waals surface area (Å²) in [7, 11) is 0. The second-order valence-electron chi connectivity index (χ2n) is 8.60. The summed E-state index contributed by atoms with van der Waals surface area (Å²) in [6.07, 6.45) is 2.67. The molecule has 2 N–H and O–H groups in total. The minimum atomic E-state index is -0.105. The number of nitrogens with two attached hydrogens (primary N) is 1. The Morgan fingerprint density at radius 1 is 1.10 bits per heavy atom. The fourth-order valence-corrected chi connectivity index (χ4v) is 4.00. The first-order valence-electron chi connectivity index (χ1n) is 10.1. The largest absolute Gasteiger partial charge is 0.338 e. The van der Waals surface area contributed by atoms with Crippen molar-refractivity contribution in [3.05, 3.63) is 71.9 Å². The number of piperidine rings is 1. The molecule has 5 nitrogen and oxygen atoms in total. The standard InChI is InChI=1S/C24H28N4O.ClH/c1-17-9-7-8-12-19(17)22-20(15-28(26-22)18-10-5-4-6-11-18)23(29)27-14-13-21(25)24(2,3)16-27;/h4-12,15,21H,13-14,16,25H2,1-3H3;1H. The molecule has 4 rings (SSSR count). The van der Waals surface area contributed by atoms with Crippen LogP contribution < -0.4 is 5.73 Å². The van der Waals surface area contributed by atoms with E-state index in [1.54, 1.807) is 4.68 Å². The Kier molecular flexibility index (Phi) is 6.34. The van der Waals surface area contributed by atoms with Crippen LogP contribution in [0.4, 0.5) is 0 Å². The molecule has 158 valence electrons. The van der Waals surface area contributed by atoms with Crippen LogP contribution in [0.2, 0.25) is 0 Å². The number of rotatable bonds is 3. The van der Waals surface area contributed by atoms with E-state index in [0.717, 1.165) is 28.9 Å².